The number of benzene rings is 1. The highest BCUT2D eigenvalue weighted by Gasteiger charge is 2.57. The third-order valence-corrected chi connectivity index (χ3v) is 5.10. The number of methoxy groups -OCH3 is 1. The number of hydrogen-bond acceptors (Lipinski definition) is 4. The van der Waals surface area contributed by atoms with Gasteiger partial charge in [0.15, 0.2) is 5.60 Å². The second-order valence-corrected chi connectivity index (χ2v) is 6.93. The molecule has 1 aliphatic rings. The normalized spacial score (nSPS) is 23.8. The predicted octanol–water partition coefficient (Wildman–Crippen LogP) is 3.70. The minimum absolute atomic E-state index is 0.473. The molecule has 2 aromatic rings. The Morgan fingerprint density at radius 1 is 1.20 bits per heavy atom. The smallest absolute Gasteiger partial charge is 0.151 e. The van der Waals surface area contributed by atoms with E-state index >= 15 is 0 Å². The van der Waals surface area contributed by atoms with Crippen LogP contribution in [0.5, 0.6) is 0 Å². The molecule has 2 atom stereocenters. The molecule has 4 heteroatoms. The molecule has 1 aromatic carbocycles. The van der Waals surface area contributed by atoms with Crippen LogP contribution in [0.3, 0.4) is 0 Å². The van der Waals surface area contributed by atoms with Crippen molar-refractivity contribution in [3.63, 3.8) is 0 Å². The van der Waals surface area contributed by atoms with Gasteiger partial charge >= 0.3 is 0 Å². The molecule has 0 aliphatic carbocycles. The van der Waals surface area contributed by atoms with Crippen molar-refractivity contribution in [3.8, 4) is 0 Å². The highest BCUT2D eigenvalue weighted by atomic mass is 16.6. The Labute approximate surface area is 149 Å². The van der Waals surface area contributed by atoms with Gasteiger partial charge in [0.05, 0.1) is 12.2 Å². The van der Waals surface area contributed by atoms with E-state index in [1.54, 1.807) is 19.5 Å². The number of ether oxygens (including phenoxy) is 2. The molecule has 0 saturated carbocycles. The van der Waals surface area contributed by atoms with Gasteiger partial charge in [0, 0.05) is 25.1 Å². The molecule has 1 aliphatic heterocycles. The Morgan fingerprint density at radius 3 is 2.52 bits per heavy atom. The van der Waals surface area contributed by atoms with Crippen LogP contribution in [0.1, 0.15) is 36.6 Å². The minimum Gasteiger partial charge on any atom is -0.385 e. The number of aromatic nitrogens is 1. The zero-order chi connectivity index (χ0) is 18.1. The lowest BCUT2D eigenvalue weighted by molar-refractivity contribution is -0.197. The monoisotopic (exact) mass is 339 g/mol. The first kappa shape index (κ1) is 17.8. The molecule has 25 heavy (non-hydrogen) atoms. The molecule has 0 amide bonds. The summed E-state index contributed by atoms with van der Waals surface area (Å²) in [5.74, 6) is 0. The van der Waals surface area contributed by atoms with Gasteiger partial charge < -0.3 is 14.6 Å². The molecule has 0 spiro atoms. The van der Waals surface area contributed by atoms with Crippen molar-refractivity contribution in [2.24, 2.45) is 0 Å². The van der Waals surface area contributed by atoms with Gasteiger partial charge in [-0.1, -0.05) is 42.0 Å². The SMILES string of the molecule is COC1(C(O)c2cccnc2)C(c2ccc(C)cc2)=CCOC1(C)C. The van der Waals surface area contributed by atoms with E-state index in [0.29, 0.717) is 12.2 Å². The number of hydrogen-bond donors (Lipinski definition) is 1. The Kier molecular flexibility index (Phi) is 4.78. The third-order valence-electron chi connectivity index (χ3n) is 5.10. The fraction of sp³-hybridized carbons (Fsp3) is 0.381. The quantitative estimate of drug-likeness (QED) is 0.923. The molecule has 132 valence electrons. The molecule has 0 bridgehead atoms. The van der Waals surface area contributed by atoms with Crippen LogP contribution in [0.4, 0.5) is 0 Å². The van der Waals surface area contributed by atoms with Gasteiger partial charge in [-0.05, 0) is 38.0 Å². The maximum Gasteiger partial charge on any atom is 0.151 e. The van der Waals surface area contributed by atoms with Crippen molar-refractivity contribution in [3.05, 3.63) is 71.6 Å². The van der Waals surface area contributed by atoms with Crippen molar-refractivity contribution in [1.82, 2.24) is 4.98 Å². The van der Waals surface area contributed by atoms with Crippen molar-refractivity contribution in [1.29, 1.82) is 0 Å². The van der Waals surface area contributed by atoms with Gasteiger partial charge in [0.25, 0.3) is 0 Å². The highest BCUT2D eigenvalue weighted by Crippen LogP contribution is 2.50. The van der Waals surface area contributed by atoms with E-state index in [9.17, 15) is 5.11 Å². The van der Waals surface area contributed by atoms with Gasteiger partial charge in [0.2, 0.25) is 0 Å². The van der Waals surface area contributed by atoms with Crippen LogP contribution in [-0.4, -0.2) is 35.0 Å². The first-order valence-electron chi connectivity index (χ1n) is 8.47. The van der Waals surface area contributed by atoms with E-state index in [4.69, 9.17) is 9.47 Å². The van der Waals surface area contributed by atoms with Gasteiger partial charge in [-0.2, -0.15) is 0 Å². The fourth-order valence-electron chi connectivity index (χ4n) is 3.70. The first-order chi connectivity index (χ1) is 11.9. The summed E-state index contributed by atoms with van der Waals surface area (Å²) in [7, 11) is 1.62. The lowest BCUT2D eigenvalue weighted by atomic mass is 9.69. The van der Waals surface area contributed by atoms with Crippen LogP contribution >= 0.6 is 0 Å². The maximum atomic E-state index is 11.3. The lowest BCUT2D eigenvalue weighted by Crippen LogP contribution is -2.59. The van der Waals surface area contributed by atoms with Crippen molar-refractivity contribution in [2.45, 2.75) is 38.1 Å². The fourth-order valence-corrected chi connectivity index (χ4v) is 3.70. The summed E-state index contributed by atoms with van der Waals surface area (Å²) >= 11 is 0. The standard InChI is InChI=1S/C21H25NO3/c1-15-7-9-16(10-8-15)18-11-13-25-20(2,3)21(18,24-4)19(23)17-6-5-12-22-14-17/h5-12,14,19,23H,13H2,1-4H3. The summed E-state index contributed by atoms with van der Waals surface area (Å²) in [4.78, 5) is 4.15. The number of rotatable bonds is 4. The van der Waals surface area contributed by atoms with Crippen molar-refractivity contribution in [2.75, 3.05) is 13.7 Å². The maximum absolute atomic E-state index is 11.3. The van der Waals surface area contributed by atoms with Crippen LogP contribution in [-0.2, 0) is 9.47 Å². The second kappa shape index (κ2) is 6.71. The van der Waals surface area contributed by atoms with Crippen molar-refractivity contribution < 1.29 is 14.6 Å². The zero-order valence-corrected chi connectivity index (χ0v) is 15.2. The number of aliphatic hydroxyl groups excluding tert-OH is 1. The highest BCUT2D eigenvalue weighted by molar-refractivity contribution is 5.76. The largest absolute Gasteiger partial charge is 0.385 e. The zero-order valence-electron chi connectivity index (χ0n) is 15.2. The number of aliphatic hydroxyl groups is 1. The van der Waals surface area contributed by atoms with Gasteiger partial charge in [-0.25, -0.2) is 0 Å². The summed E-state index contributed by atoms with van der Waals surface area (Å²) in [6.07, 6.45) is 4.44. The van der Waals surface area contributed by atoms with Gasteiger partial charge in [0.1, 0.15) is 6.10 Å². The van der Waals surface area contributed by atoms with Crippen LogP contribution < -0.4 is 0 Å². The average Bonchev–Trinajstić information content (AvgIpc) is 2.62. The lowest BCUT2D eigenvalue weighted by Gasteiger charge is -2.51. The number of nitrogens with zero attached hydrogens (tertiary/aromatic N) is 1. The molecule has 0 fully saturated rings. The molecule has 0 saturated heterocycles. The molecule has 2 unspecified atom stereocenters. The molecular weight excluding hydrogens is 314 g/mol. The number of aryl methyl sites for hydroxylation is 1. The summed E-state index contributed by atoms with van der Waals surface area (Å²) in [6, 6.07) is 11.9. The van der Waals surface area contributed by atoms with Crippen LogP contribution in [0, 0.1) is 6.92 Å². The molecule has 1 aromatic heterocycles. The summed E-state index contributed by atoms with van der Waals surface area (Å²) < 4.78 is 12.0. The Morgan fingerprint density at radius 2 is 1.92 bits per heavy atom. The van der Waals surface area contributed by atoms with Crippen LogP contribution in [0.2, 0.25) is 0 Å². The van der Waals surface area contributed by atoms with E-state index in [1.807, 2.05) is 32.1 Å². The predicted molar refractivity (Wildman–Crippen MR) is 98.1 cm³/mol. The summed E-state index contributed by atoms with van der Waals surface area (Å²) in [5, 5.41) is 11.3. The average molecular weight is 339 g/mol. The van der Waals surface area contributed by atoms with Crippen LogP contribution in [0.15, 0.2) is 54.9 Å². The number of pyridine rings is 1. The summed E-state index contributed by atoms with van der Waals surface area (Å²) in [6.45, 7) is 6.44. The first-order valence-corrected chi connectivity index (χ1v) is 8.47. The Bertz CT molecular complexity index is 752. The van der Waals surface area contributed by atoms with E-state index in [2.05, 4.69) is 36.2 Å². The molecule has 4 nitrogen and oxygen atoms in total. The van der Waals surface area contributed by atoms with Crippen molar-refractivity contribution >= 4 is 5.57 Å². The molecule has 0 radical (unpaired) electrons. The van der Waals surface area contributed by atoms with E-state index in [0.717, 1.165) is 11.1 Å². The summed E-state index contributed by atoms with van der Waals surface area (Å²) in [5.41, 5.74) is 2.05. The minimum atomic E-state index is -1.05. The molecule has 2 heterocycles. The van der Waals surface area contributed by atoms with E-state index < -0.39 is 17.3 Å². The van der Waals surface area contributed by atoms with Crippen LogP contribution in [0.25, 0.3) is 5.57 Å². The molecular formula is C21H25NO3. The van der Waals surface area contributed by atoms with E-state index in [-0.39, 0.29) is 0 Å². The Balaban J connectivity index is 2.18. The topological polar surface area (TPSA) is 51.6 Å². The third kappa shape index (κ3) is 2.91. The molecule has 3 rings (SSSR count). The second-order valence-electron chi connectivity index (χ2n) is 6.93. The molecule has 1 N–H and O–H groups in total. The van der Waals surface area contributed by atoms with Gasteiger partial charge in [-0.15, -0.1) is 0 Å². The van der Waals surface area contributed by atoms with E-state index in [1.165, 1.54) is 5.56 Å². The Hall–Kier alpha value is -2.01. The van der Waals surface area contributed by atoms with Gasteiger partial charge in [-0.3, -0.25) is 4.98 Å².